The van der Waals surface area contributed by atoms with Gasteiger partial charge in [-0.15, -0.1) is 0 Å². The van der Waals surface area contributed by atoms with E-state index in [2.05, 4.69) is 6.92 Å². The van der Waals surface area contributed by atoms with Crippen molar-refractivity contribution >= 4 is 160 Å². The van der Waals surface area contributed by atoms with Crippen molar-refractivity contribution in [2.24, 2.45) is 0 Å². The van der Waals surface area contributed by atoms with Gasteiger partial charge < -0.3 is 19.4 Å². The summed E-state index contributed by atoms with van der Waals surface area (Å²) in [5.74, 6) is -2.53. The normalized spacial score (nSPS) is 11.9. The van der Waals surface area contributed by atoms with Gasteiger partial charge in [0.2, 0.25) is 5.43 Å². The molecule has 48 heavy (non-hydrogen) atoms. The topological polar surface area (TPSA) is 117 Å². The quantitative estimate of drug-likeness (QED) is 0.0271. The standard InChI is InChI=1S/C32H26Cl4I4O7.Na/c1-2-3-4-5-6-7-8-9-10-17(31(43)44)46-32(45)20-19(21(33)23(35)24(36)22(20)34)18-13-11-15(37)27(41)25(39)29(13)47-30-14(18)12-16(38)28(42)26(30)40;/h11-12,17,41H,2-10H2,1H3,(H,43,44);/q;+1/p-1. The van der Waals surface area contributed by atoms with E-state index in [9.17, 15) is 24.6 Å². The SMILES string of the molecule is CCCCCCCCCCC(OC(=O)c1c(Cl)c(Cl)c(Cl)c(Cl)c1-c1c2cc(I)c(=O)c(I)c-2oc2c(I)c([O-])c(I)cc12)C(=O)O.[Na+]. The fraction of sp³-hybridized carbons (Fsp3) is 0.344. The van der Waals surface area contributed by atoms with Crippen molar-refractivity contribution in [1.29, 1.82) is 0 Å². The molecule has 16 heteroatoms. The summed E-state index contributed by atoms with van der Waals surface area (Å²) in [5, 5.41) is 22.5. The van der Waals surface area contributed by atoms with Crippen molar-refractivity contribution in [2.45, 2.75) is 70.8 Å². The first kappa shape index (κ1) is 43.4. The number of halogens is 8. The van der Waals surface area contributed by atoms with Gasteiger partial charge in [0.1, 0.15) is 9.15 Å². The Kier molecular flexibility index (Phi) is 17.5. The van der Waals surface area contributed by atoms with Crippen LogP contribution in [-0.4, -0.2) is 23.1 Å². The smallest absolute Gasteiger partial charge is 0.871 e. The van der Waals surface area contributed by atoms with Crippen LogP contribution in [-0.2, 0) is 9.53 Å². The number of benzene rings is 3. The molecular formula is C32H25Cl4I4NaO7. The zero-order chi connectivity index (χ0) is 34.7. The van der Waals surface area contributed by atoms with Gasteiger partial charge in [0.05, 0.1) is 29.2 Å². The number of carboxylic acids is 1. The predicted octanol–water partition coefficient (Wildman–Crippen LogP) is 8.82. The molecule has 2 aliphatic rings. The van der Waals surface area contributed by atoms with E-state index in [1.165, 1.54) is 12.8 Å². The summed E-state index contributed by atoms with van der Waals surface area (Å²) in [6.45, 7) is 2.16. The van der Waals surface area contributed by atoms with Crippen molar-refractivity contribution in [1.82, 2.24) is 0 Å². The number of ether oxygens (including phenoxy) is 1. The number of hydrogen-bond acceptors (Lipinski definition) is 6. The van der Waals surface area contributed by atoms with E-state index in [0.29, 0.717) is 24.5 Å². The van der Waals surface area contributed by atoms with Crippen LogP contribution >= 0.6 is 137 Å². The van der Waals surface area contributed by atoms with Gasteiger partial charge in [-0.1, -0.05) is 104 Å². The Morgan fingerprint density at radius 3 is 2.04 bits per heavy atom. The van der Waals surface area contributed by atoms with Crippen LogP contribution in [0, 0.1) is 14.3 Å². The number of fused-ring (bicyclic) bond motifs is 2. The Bertz CT molecular complexity index is 1900. The molecular weight excluding hydrogens is 1170 g/mol. The molecule has 1 unspecified atom stereocenters. The molecule has 1 heterocycles. The third-order valence-electron chi connectivity index (χ3n) is 7.57. The van der Waals surface area contributed by atoms with Gasteiger partial charge in [-0.05, 0) is 115 Å². The van der Waals surface area contributed by atoms with E-state index in [0.717, 1.165) is 32.1 Å². The summed E-state index contributed by atoms with van der Waals surface area (Å²) < 4.78 is 13.0. The molecule has 0 fully saturated rings. The first-order valence-corrected chi connectivity index (χ1v) is 20.3. The number of esters is 1. The summed E-state index contributed by atoms with van der Waals surface area (Å²) in [5.41, 5.74) is 0.185. The third kappa shape index (κ3) is 9.35. The second-order valence-electron chi connectivity index (χ2n) is 10.7. The van der Waals surface area contributed by atoms with Crippen LogP contribution in [0.4, 0.5) is 0 Å². The molecule has 0 saturated carbocycles. The average Bonchev–Trinajstić information content (AvgIpc) is 3.03. The summed E-state index contributed by atoms with van der Waals surface area (Å²) in [6.07, 6.45) is 6.63. The van der Waals surface area contributed by atoms with E-state index < -0.39 is 18.0 Å². The van der Waals surface area contributed by atoms with E-state index >= 15 is 0 Å². The number of carbonyl (C=O) groups is 2. The second-order valence-corrected chi connectivity index (χ2v) is 16.7. The summed E-state index contributed by atoms with van der Waals surface area (Å²) in [6, 6.07) is 3.15. The number of aliphatic carboxylic acids is 1. The minimum absolute atomic E-state index is 0. The largest absolute Gasteiger partial charge is 1.00 e. The molecule has 0 amide bonds. The maximum Gasteiger partial charge on any atom is 1.00 e. The van der Waals surface area contributed by atoms with E-state index in [1.54, 1.807) is 12.1 Å². The molecule has 0 aromatic heterocycles. The van der Waals surface area contributed by atoms with Gasteiger partial charge in [-0.3, -0.25) is 4.79 Å². The molecule has 1 aliphatic heterocycles. The van der Waals surface area contributed by atoms with Crippen molar-refractivity contribution in [3.63, 3.8) is 0 Å². The molecule has 1 atom stereocenters. The van der Waals surface area contributed by atoms with Crippen LogP contribution in [0.5, 0.6) is 5.75 Å². The van der Waals surface area contributed by atoms with Gasteiger partial charge in [-0.25, -0.2) is 9.59 Å². The van der Waals surface area contributed by atoms with Gasteiger partial charge in [0.25, 0.3) is 0 Å². The molecule has 252 valence electrons. The summed E-state index contributed by atoms with van der Waals surface area (Å²) in [4.78, 5) is 39.2. The summed E-state index contributed by atoms with van der Waals surface area (Å²) in [7, 11) is 0. The van der Waals surface area contributed by atoms with E-state index in [-0.39, 0.29) is 102 Å². The third-order valence-corrected chi connectivity index (χ3v) is 12.9. The van der Waals surface area contributed by atoms with E-state index in [1.807, 2.05) is 90.4 Å². The zero-order valence-corrected chi connectivity index (χ0v) is 39.2. The Balaban J connectivity index is 0.00000625. The molecule has 1 aliphatic carbocycles. The molecule has 2 aromatic rings. The Morgan fingerprint density at radius 2 is 1.44 bits per heavy atom. The fourth-order valence-corrected chi connectivity index (χ4v) is 9.80. The van der Waals surface area contributed by atoms with Crippen LogP contribution < -0.4 is 40.1 Å². The van der Waals surface area contributed by atoms with Crippen LogP contribution in [0.15, 0.2) is 21.3 Å². The predicted molar refractivity (Wildman–Crippen MR) is 219 cm³/mol. The van der Waals surface area contributed by atoms with Crippen LogP contribution in [0.2, 0.25) is 20.1 Å². The average molecular weight is 1190 g/mol. The minimum atomic E-state index is -1.46. The van der Waals surface area contributed by atoms with E-state index in [4.69, 9.17) is 55.6 Å². The van der Waals surface area contributed by atoms with Crippen LogP contribution in [0.25, 0.3) is 33.4 Å². The monoisotopic (exact) mass is 1190 g/mol. The molecule has 2 aromatic carbocycles. The number of carbonyl (C=O) groups excluding carboxylic acids is 1. The van der Waals surface area contributed by atoms with Crippen LogP contribution in [0.1, 0.15) is 75.1 Å². The first-order chi connectivity index (χ1) is 22.2. The maximum atomic E-state index is 14.0. The number of unbranched alkanes of at least 4 members (excludes halogenated alkanes) is 7. The van der Waals surface area contributed by atoms with Gasteiger partial charge in [-0.2, -0.15) is 0 Å². The maximum absolute atomic E-state index is 14.0. The van der Waals surface area contributed by atoms with Gasteiger partial charge in [0.15, 0.2) is 11.9 Å². The van der Waals surface area contributed by atoms with Crippen molar-refractivity contribution in [3.8, 4) is 28.2 Å². The van der Waals surface area contributed by atoms with Crippen molar-refractivity contribution in [2.75, 3.05) is 0 Å². The molecule has 7 nitrogen and oxygen atoms in total. The number of carboxylic acid groups (broad SMARTS) is 1. The minimum Gasteiger partial charge on any atom is -0.871 e. The number of rotatable bonds is 13. The molecule has 0 spiro atoms. The fourth-order valence-electron chi connectivity index (χ4n) is 5.20. The van der Waals surface area contributed by atoms with Gasteiger partial charge >= 0.3 is 41.5 Å². The zero-order valence-electron chi connectivity index (χ0n) is 25.5. The molecule has 0 bridgehead atoms. The molecule has 0 saturated heterocycles. The second kappa shape index (κ2) is 19.3. The van der Waals surface area contributed by atoms with Crippen LogP contribution in [0.3, 0.4) is 0 Å². The first-order valence-electron chi connectivity index (χ1n) is 14.5. The Hall–Kier alpha value is 0.950. The van der Waals surface area contributed by atoms with Gasteiger partial charge in [0, 0.05) is 29.2 Å². The Morgan fingerprint density at radius 1 is 0.854 bits per heavy atom. The molecule has 4 rings (SSSR count). The van der Waals surface area contributed by atoms with Crippen molar-refractivity contribution in [3.05, 3.63) is 62.3 Å². The number of hydrogen-bond donors (Lipinski definition) is 1. The summed E-state index contributed by atoms with van der Waals surface area (Å²) >= 11 is 34.1. The molecule has 0 radical (unpaired) electrons. The van der Waals surface area contributed by atoms with Crippen molar-refractivity contribution < 1.29 is 58.5 Å². The Labute approximate surface area is 374 Å². The molecule has 1 N–H and O–H groups in total.